The van der Waals surface area contributed by atoms with Gasteiger partial charge in [-0.15, -0.1) is 0 Å². The van der Waals surface area contributed by atoms with Gasteiger partial charge >= 0.3 is 0 Å². The molecule has 2 atom stereocenters. The van der Waals surface area contributed by atoms with Crippen LogP contribution in [0.1, 0.15) is 26.3 Å². The molecule has 15 heavy (non-hydrogen) atoms. The number of nitrogens with one attached hydrogen (secondary N) is 1. The summed E-state index contributed by atoms with van der Waals surface area (Å²) in [6, 6.07) is 10.6. The highest BCUT2D eigenvalue weighted by molar-refractivity contribution is 5.15. The third kappa shape index (κ3) is 4.45. The van der Waals surface area contributed by atoms with Gasteiger partial charge in [0, 0.05) is 12.1 Å². The fraction of sp³-hybridized carbons (Fsp3) is 0.538. The summed E-state index contributed by atoms with van der Waals surface area (Å²) >= 11 is 0. The lowest BCUT2D eigenvalue weighted by atomic mass is 10.0. The Balaban J connectivity index is 2.45. The lowest BCUT2D eigenvalue weighted by Gasteiger charge is -2.22. The molecule has 1 rings (SSSR count). The van der Waals surface area contributed by atoms with Crippen molar-refractivity contribution in [2.24, 2.45) is 0 Å². The summed E-state index contributed by atoms with van der Waals surface area (Å²) in [4.78, 5) is 0. The van der Waals surface area contributed by atoms with Crippen LogP contribution in [0.2, 0.25) is 0 Å². The molecule has 0 aliphatic rings. The summed E-state index contributed by atoms with van der Waals surface area (Å²) < 4.78 is 0. The van der Waals surface area contributed by atoms with Crippen LogP contribution in [0.3, 0.4) is 0 Å². The molecule has 1 aromatic carbocycles. The molecular formula is C13H21NO. The van der Waals surface area contributed by atoms with Crippen LogP contribution in [0.25, 0.3) is 0 Å². The topological polar surface area (TPSA) is 32.3 Å². The lowest BCUT2D eigenvalue weighted by Crippen LogP contribution is -2.42. The minimum Gasteiger partial charge on any atom is -0.391 e. The molecule has 0 aliphatic carbocycles. The summed E-state index contributed by atoms with van der Waals surface area (Å²) in [7, 11) is 0. The summed E-state index contributed by atoms with van der Waals surface area (Å²) in [6.07, 6.45) is 0.386. The number of benzene rings is 1. The zero-order valence-electron chi connectivity index (χ0n) is 9.77. The Morgan fingerprint density at radius 1 is 1.13 bits per heavy atom. The van der Waals surface area contributed by atoms with Crippen molar-refractivity contribution in [1.29, 1.82) is 0 Å². The fourth-order valence-corrected chi connectivity index (χ4v) is 1.67. The van der Waals surface area contributed by atoms with Crippen molar-refractivity contribution in [3.8, 4) is 0 Å². The maximum atomic E-state index is 9.96. The van der Waals surface area contributed by atoms with Crippen LogP contribution in [0.15, 0.2) is 30.3 Å². The van der Waals surface area contributed by atoms with Gasteiger partial charge in [-0.1, -0.05) is 44.2 Å². The molecule has 0 spiro atoms. The van der Waals surface area contributed by atoms with Crippen LogP contribution in [0.4, 0.5) is 0 Å². The Morgan fingerprint density at radius 2 is 1.73 bits per heavy atom. The highest BCUT2D eigenvalue weighted by Gasteiger charge is 2.14. The van der Waals surface area contributed by atoms with E-state index < -0.39 is 0 Å². The molecule has 84 valence electrons. The van der Waals surface area contributed by atoms with Crippen molar-refractivity contribution in [1.82, 2.24) is 5.32 Å². The molecule has 0 saturated carbocycles. The molecule has 0 amide bonds. The summed E-state index contributed by atoms with van der Waals surface area (Å²) in [5.41, 5.74) is 1.18. The van der Waals surface area contributed by atoms with E-state index in [2.05, 4.69) is 19.2 Å². The summed E-state index contributed by atoms with van der Waals surface area (Å²) in [5, 5.41) is 13.3. The minimum atomic E-state index is -0.324. The molecule has 2 nitrogen and oxygen atoms in total. The molecule has 0 bridgehead atoms. The molecule has 0 aliphatic heterocycles. The molecule has 0 fully saturated rings. The summed E-state index contributed by atoms with van der Waals surface area (Å²) in [6.45, 7) is 6.20. The third-order valence-corrected chi connectivity index (χ3v) is 2.46. The van der Waals surface area contributed by atoms with Crippen molar-refractivity contribution >= 4 is 0 Å². The van der Waals surface area contributed by atoms with Crippen LogP contribution in [-0.4, -0.2) is 23.3 Å². The van der Waals surface area contributed by atoms with Gasteiger partial charge in [0.05, 0.1) is 6.10 Å². The van der Waals surface area contributed by atoms with Crippen LogP contribution < -0.4 is 5.32 Å². The SMILES string of the molecule is CC(C)NC(C)C(O)Cc1ccccc1. The smallest absolute Gasteiger partial charge is 0.0730 e. The normalized spacial score (nSPS) is 15.3. The average Bonchev–Trinajstić information content (AvgIpc) is 2.18. The molecule has 0 radical (unpaired) electrons. The maximum absolute atomic E-state index is 9.96. The van der Waals surface area contributed by atoms with E-state index in [0.29, 0.717) is 12.5 Å². The van der Waals surface area contributed by atoms with E-state index in [1.54, 1.807) is 0 Å². The monoisotopic (exact) mass is 207 g/mol. The van der Waals surface area contributed by atoms with E-state index in [4.69, 9.17) is 0 Å². The van der Waals surface area contributed by atoms with Gasteiger partial charge in [0.1, 0.15) is 0 Å². The highest BCUT2D eigenvalue weighted by Crippen LogP contribution is 2.06. The van der Waals surface area contributed by atoms with Crippen molar-refractivity contribution in [3.05, 3.63) is 35.9 Å². The number of rotatable bonds is 5. The molecular weight excluding hydrogens is 186 g/mol. The van der Waals surface area contributed by atoms with Gasteiger partial charge in [0.2, 0.25) is 0 Å². The second-order valence-electron chi connectivity index (χ2n) is 4.37. The Labute approximate surface area is 92.3 Å². The minimum absolute atomic E-state index is 0.130. The van der Waals surface area contributed by atoms with Gasteiger partial charge in [-0.2, -0.15) is 0 Å². The van der Waals surface area contributed by atoms with E-state index in [0.717, 1.165) is 0 Å². The van der Waals surface area contributed by atoms with Crippen molar-refractivity contribution in [2.45, 2.75) is 45.4 Å². The van der Waals surface area contributed by atoms with Gasteiger partial charge in [-0.3, -0.25) is 0 Å². The van der Waals surface area contributed by atoms with Crippen LogP contribution in [0.5, 0.6) is 0 Å². The van der Waals surface area contributed by atoms with Gasteiger partial charge < -0.3 is 10.4 Å². The van der Waals surface area contributed by atoms with Crippen molar-refractivity contribution in [3.63, 3.8) is 0 Å². The number of aliphatic hydroxyl groups excluding tert-OH is 1. The van der Waals surface area contributed by atoms with Gasteiger partial charge in [0.15, 0.2) is 0 Å². The number of hydrogen-bond acceptors (Lipinski definition) is 2. The molecule has 2 N–H and O–H groups in total. The van der Waals surface area contributed by atoms with Crippen molar-refractivity contribution < 1.29 is 5.11 Å². The van der Waals surface area contributed by atoms with E-state index in [1.807, 2.05) is 37.3 Å². The van der Waals surface area contributed by atoms with Crippen LogP contribution in [0, 0.1) is 0 Å². The first kappa shape index (κ1) is 12.2. The molecule has 0 aromatic heterocycles. The first-order valence-electron chi connectivity index (χ1n) is 5.57. The molecule has 1 aromatic rings. The second-order valence-corrected chi connectivity index (χ2v) is 4.37. The Kier molecular flexibility index (Phi) is 4.79. The number of hydrogen-bond donors (Lipinski definition) is 2. The fourth-order valence-electron chi connectivity index (χ4n) is 1.67. The standard InChI is InChI=1S/C13H21NO/c1-10(2)14-11(3)13(15)9-12-7-5-4-6-8-12/h4-8,10-11,13-15H,9H2,1-3H3. The first-order valence-corrected chi connectivity index (χ1v) is 5.57. The van der Waals surface area contributed by atoms with Crippen molar-refractivity contribution in [2.75, 3.05) is 0 Å². The first-order chi connectivity index (χ1) is 7.09. The zero-order valence-corrected chi connectivity index (χ0v) is 9.77. The predicted octanol–water partition coefficient (Wildman–Crippen LogP) is 1.98. The zero-order chi connectivity index (χ0) is 11.3. The largest absolute Gasteiger partial charge is 0.391 e. The Morgan fingerprint density at radius 3 is 2.27 bits per heavy atom. The molecule has 2 heteroatoms. The van der Waals surface area contributed by atoms with E-state index in [1.165, 1.54) is 5.56 Å². The highest BCUT2D eigenvalue weighted by atomic mass is 16.3. The Hall–Kier alpha value is -0.860. The lowest BCUT2D eigenvalue weighted by molar-refractivity contribution is 0.130. The van der Waals surface area contributed by atoms with E-state index in [9.17, 15) is 5.11 Å². The molecule has 2 unspecified atom stereocenters. The molecule has 0 saturated heterocycles. The second kappa shape index (κ2) is 5.89. The summed E-state index contributed by atoms with van der Waals surface area (Å²) in [5.74, 6) is 0. The molecule has 0 heterocycles. The van der Waals surface area contributed by atoms with Gasteiger partial charge in [-0.25, -0.2) is 0 Å². The Bertz CT molecular complexity index is 271. The van der Waals surface area contributed by atoms with Gasteiger partial charge in [-0.05, 0) is 18.9 Å². The predicted molar refractivity (Wildman–Crippen MR) is 63.9 cm³/mol. The van der Waals surface area contributed by atoms with E-state index >= 15 is 0 Å². The number of aliphatic hydroxyl groups is 1. The maximum Gasteiger partial charge on any atom is 0.0730 e. The van der Waals surface area contributed by atoms with Crippen LogP contribution >= 0.6 is 0 Å². The third-order valence-electron chi connectivity index (χ3n) is 2.46. The van der Waals surface area contributed by atoms with Gasteiger partial charge in [0.25, 0.3) is 0 Å². The van der Waals surface area contributed by atoms with Crippen LogP contribution in [-0.2, 0) is 6.42 Å². The quantitative estimate of drug-likeness (QED) is 0.773. The average molecular weight is 207 g/mol. The van der Waals surface area contributed by atoms with E-state index in [-0.39, 0.29) is 12.1 Å².